The fourth-order valence-corrected chi connectivity index (χ4v) is 14.6. The molecule has 3 fully saturated rings. The number of carbonyl (C=O) groups excluding carboxylic acids is 5. The molecule has 2 N–H and O–H groups in total. The molecule has 6 aromatic rings. The molecule has 13 rings (SSSR count). The molecule has 93 heavy (non-hydrogen) atoms. The largest absolute Gasteiger partial charge is 0.507 e. The minimum atomic E-state index is -0.878. The molecule has 22 heteroatoms. The molecule has 1 unspecified atom stereocenters. The lowest BCUT2D eigenvalue weighted by Crippen LogP contribution is -2.57. The average molecular weight is 1310 g/mol. The molecule has 0 aromatic heterocycles. The summed E-state index contributed by atoms with van der Waals surface area (Å²) < 4.78 is 41.7. The first-order valence-corrected chi connectivity index (χ1v) is 33.3. The number of hydrogen-bond donors (Lipinski definition) is 2. The fourth-order valence-electron chi connectivity index (χ4n) is 14.1. The summed E-state index contributed by atoms with van der Waals surface area (Å²) in [7, 11) is 3.03. The second-order valence-electron chi connectivity index (χ2n) is 24.4. The summed E-state index contributed by atoms with van der Waals surface area (Å²) in [6, 6.07) is 24.8. The lowest BCUT2D eigenvalue weighted by Gasteiger charge is -2.42. The molecular weight excluding hydrogens is 1230 g/mol. The molecule has 3 saturated heterocycles. The van der Waals surface area contributed by atoms with Gasteiger partial charge in [-0.1, -0.05) is 61.2 Å². The molecule has 7 heterocycles. The number of hydrogen-bond acceptors (Lipinski definition) is 15. The molecule has 5 amide bonds. The summed E-state index contributed by atoms with van der Waals surface area (Å²) in [5.74, 6) is 2.04. The summed E-state index contributed by atoms with van der Waals surface area (Å²) in [4.78, 5) is 81.5. The van der Waals surface area contributed by atoms with Gasteiger partial charge in [0.05, 0.1) is 73.4 Å². The standard InChI is InChI=1S/C40H46ClN3O9.C31H32ClN3O5/c1-3-17-52-40(48)44-30-22-34(33(49-2)20-28(30)38(47)42-16-8-6-13-29(42)39(44)53-36-15-7-9-18-51-36)50-19-10-14-35(46)43-24-25(23-41)37-27-12-5-4-11-26(27)32(45)21-31(37)43;1-39-27-13-23-24(33-17-20-7-4-5-11-34(20)31(23)38)14-28(27)40-12-6-10-29(37)35-18-19(16-32)30-22-9-3-2-8-21(22)26(36)15-25(30)35/h3-5,11-12,20-22,25,29,36,39,45H,1,6-10,13-19,23-24H2,2H3;2-3,8-9,13-15,17,19-20,36H,4-7,10-12,16,18H2,1H3/t25-,29+,36?,39+;19-,20+/m11/s1. The Hall–Kier alpha value is -8.30. The zero-order valence-corrected chi connectivity index (χ0v) is 53.9. The van der Waals surface area contributed by atoms with Crippen LogP contribution in [0.25, 0.3) is 21.5 Å². The number of rotatable bonds is 18. The van der Waals surface area contributed by atoms with Crippen molar-refractivity contribution in [2.24, 2.45) is 4.99 Å². The average Bonchev–Trinajstić information content (AvgIpc) is 1.67. The Morgan fingerprint density at radius 1 is 0.656 bits per heavy atom. The highest BCUT2D eigenvalue weighted by molar-refractivity contribution is 6.19. The Kier molecular flexibility index (Phi) is 20.1. The van der Waals surface area contributed by atoms with Crippen LogP contribution in [0, 0.1) is 0 Å². The molecule has 7 aliphatic rings. The maximum absolute atomic E-state index is 14.2. The van der Waals surface area contributed by atoms with E-state index in [9.17, 15) is 34.2 Å². The third-order valence-corrected chi connectivity index (χ3v) is 19.4. The SMILES string of the molecule is C=CCOC(=O)N1c2cc(OCCCC(=O)N3C[C@@H](CCl)c4c3cc(O)c3ccccc43)c(OC)cc2C(=O)N2CCCC[C@H]2[C@@H]1OC1CCCCO1.COc1cc2c(cc1OCCCC(=O)N1C[C@@H](CCl)c3c1cc(O)c1ccccc31)N=C[C@@H]1CCCCN1C2=O. The van der Waals surface area contributed by atoms with Gasteiger partial charge in [0.2, 0.25) is 11.8 Å². The van der Waals surface area contributed by atoms with Crippen LogP contribution >= 0.6 is 23.2 Å². The first-order valence-electron chi connectivity index (χ1n) is 32.3. The van der Waals surface area contributed by atoms with Crippen molar-refractivity contribution in [1.29, 1.82) is 0 Å². The number of phenolic OH excluding ortho intramolecular Hbond substituents is 2. The van der Waals surface area contributed by atoms with Gasteiger partial charge in [0, 0.05) is 110 Å². The van der Waals surface area contributed by atoms with E-state index in [1.807, 2.05) is 59.6 Å². The van der Waals surface area contributed by atoms with E-state index in [4.69, 9.17) is 56.4 Å². The third kappa shape index (κ3) is 13.1. The maximum Gasteiger partial charge on any atom is 0.416 e. The van der Waals surface area contributed by atoms with Crippen molar-refractivity contribution in [3.63, 3.8) is 0 Å². The van der Waals surface area contributed by atoms with Crippen LogP contribution in [-0.2, 0) is 23.8 Å². The first kappa shape index (κ1) is 64.8. The normalized spacial score (nSPS) is 21.3. The predicted molar refractivity (Wildman–Crippen MR) is 356 cm³/mol. The van der Waals surface area contributed by atoms with Crippen LogP contribution in [-0.4, -0.2) is 159 Å². The molecule has 20 nitrogen and oxygen atoms in total. The number of carbonyl (C=O) groups is 5. The minimum Gasteiger partial charge on any atom is -0.507 e. The second kappa shape index (κ2) is 28.9. The molecule has 0 radical (unpaired) electrons. The number of ether oxygens (including phenoxy) is 7. The van der Waals surface area contributed by atoms with Gasteiger partial charge in [-0.15, -0.1) is 23.2 Å². The van der Waals surface area contributed by atoms with Crippen LogP contribution in [0.3, 0.4) is 0 Å². The summed E-state index contributed by atoms with van der Waals surface area (Å²) in [6.45, 7) is 6.79. The fraction of sp³-hybridized carbons (Fsp3) is 0.437. The van der Waals surface area contributed by atoms with Gasteiger partial charge in [0.1, 0.15) is 18.1 Å². The van der Waals surface area contributed by atoms with E-state index in [2.05, 4.69) is 11.6 Å². The van der Waals surface area contributed by atoms with Crippen molar-refractivity contribution in [2.75, 3.05) is 93.3 Å². The quantitative estimate of drug-likeness (QED) is 0.0465. The van der Waals surface area contributed by atoms with Crippen molar-refractivity contribution in [1.82, 2.24) is 9.80 Å². The Labute approximate surface area is 550 Å². The van der Waals surface area contributed by atoms with Gasteiger partial charge in [0.15, 0.2) is 35.5 Å². The van der Waals surface area contributed by atoms with E-state index in [1.165, 1.54) is 18.1 Å². The zero-order valence-electron chi connectivity index (χ0n) is 52.4. The monoisotopic (exact) mass is 1310 g/mol. The van der Waals surface area contributed by atoms with Gasteiger partial charge in [0.25, 0.3) is 11.8 Å². The Bertz CT molecular complexity index is 3860. The van der Waals surface area contributed by atoms with Crippen LogP contribution in [0.2, 0.25) is 0 Å². The topological polar surface area (TPSA) is 219 Å². The smallest absolute Gasteiger partial charge is 0.416 e. The number of nitrogens with zero attached hydrogens (tertiary/aromatic N) is 6. The number of alkyl halides is 2. The van der Waals surface area contributed by atoms with Crippen LogP contribution in [0.4, 0.5) is 27.5 Å². The van der Waals surface area contributed by atoms with Crippen LogP contribution < -0.4 is 33.6 Å². The molecule has 6 aromatic carbocycles. The number of piperidine rings is 2. The third-order valence-electron chi connectivity index (χ3n) is 18.7. The van der Waals surface area contributed by atoms with Crippen molar-refractivity contribution in [2.45, 2.75) is 120 Å². The molecule has 0 saturated carbocycles. The highest BCUT2D eigenvalue weighted by Crippen LogP contribution is 2.49. The number of aliphatic imine (C=N–C) groups is 1. The second-order valence-corrected chi connectivity index (χ2v) is 25.0. The molecule has 0 spiro atoms. The summed E-state index contributed by atoms with van der Waals surface area (Å²) in [5.41, 5.74) is 4.99. The zero-order chi connectivity index (χ0) is 64.9. The van der Waals surface area contributed by atoms with Crippen LogP contribution in [0.1, 0.15) is 127 Å². The van der Waals surface area contributed by atoms with Gasteiger partial charge in [-0.05, 0) is 105 Å². The number of benzene rings is 6. The molecule has 7 aliphatic heterocycles. The van der Waals surface area contributed by atoms with Gasteiger partial charge in [-0.3, -0.25) is 24.2 Å². The molecule has 490 valence electrons. The Morgan fingerprint density at radius 2 is 1.20 bits per heavy atom. The molecular formula is C71H78Cl2N6O14. The number of amides is 5. The number of anilines is 3. The summed E-state index contributed by atoms with van der Waals surface area (Å²) in [6.07, 6.45) is 10.4. The maximum atomic E-state index is 14.2. The van der Waals surface area contributed by atoms with Crippen molar-refractivity contribution >= 4 is 103 Å². The van der Waals surface area contributed by atoms with Crippen molar-refractivity contribution < 1.29 is 67.3 Å². The molecule has 0 bridgehead atoms. The van der Waals surface area contributed by atoms with Gasteiger partial charge in [-0.2, -0.15) is 0 Å². The minimum absolute atomic E-state index is 0.00497. The summed E-state index contributed by atoms with van der Waals surface area (Å²) in [5, 5.41) is 24.7. The highest BCUT2D eigenvalue weighted by atomic mass is 35.5. The van der Waals surface area contributed by atoms with E-state index in [0.717, 1.165) is 89.8 Å². The Morgan fingerprint density at radius 3 is 1.77 bits per heavy atom. The Balaban J connectivity index is 0.000000186. The van der Waals surface area contributed by atoms with Crippen molar-refractivity contribution in [3.05, 3.63) is 120 Å². The van der Waals surface area contributed by atoms with E-state index in [-0.39, 0.29) is 96.9 Å². The number of phenols is 2. The molecule has 6 atom stereocenters. The number of fused-ring (bicyclic) bond motifs is 10. The van der Waals surface area contributed by atoms with Crippen LogP contribution in [0.5, 0.6) is 34.5 Å². The van der Waals surface area contributed by atoms with Crippen molar-refractivity contribution in [3.8, 4) is 34.5 Å². The van der Waals surface area contributed by atoms with E-state index in [1.54, 1.807) is 58.2 Å². The van der Waals surface area contributed by atoms with Gasteiger partial charge < -0.3 is 63.0 Å². The van der Waals surface area contributed by atoms with Gasteiger partial charge in [-0.25, -0.2) is 9.69 Å². The number of aromatic hydroxyl groups is 2. The van der Waals surface area contributed by atoms with E-state index >= 15 is 0 Å². The number of halogens is 2. The first-order chi connectivity index (χ1) is 45.3. The number of methoxy groups -OCH3 is 2. The lowest BCUT2D eigenvalue weighted by atomic mass is 9.95. The van der Waals surface area contributed by atoms with E-state index in [0.29, 0.717) is 104 Å². The predicted octanol–water partition coefficient (Wildman–Crippen LogP) is 12.9. The lowest BCUT2D eigenvalue weighted by molar-refractivity contribution is -0.198. The van der Waals surface area contributed by atoms with E-state index < -0.39 is 24.7 Å². The van der Waals surface area contributed by atoms with Gasteiger partial charge >= 0.3 is 6.09 Å². The summed E-state index contributed by atoms with van der Waals surface area (Å²) >= 11 is 12.7. The highest BCUT2D eigenvalue weighted by Gasteiger charge is 2.47. The molecule has 0 aliphatic carbocycles. The van der Waals surface area contributed by atoms with Crippen LogP contribution in [0.15, 0.2) is 103 Å².